The van der Waals surface area contributed by atoms with E-state index in [1.54, 1.807) is 7.11 Å². The van der Waals surface area contributed by atoms with Gasteiger partial charge in [-0.2, -0.15) is 0 Å². The lowest BCUT2D eigenvalue weighted by atomic mass is 9.89. The summed E-state index contributed by atoms with van der Waals surface area (Å²) < 4.78 is 11.2. The van der Waals surface area contributed by atoms with Gasteiger partial charge in [0.05, 0.1) is 13.7 Å². The molecule has 0 amide bonds. The quantitative estimate of drug-likeness (QED) is 0.909. The second kappa shape index (κ2) is 5.37. The summed E-state index contributed by atoms with van der Waals surface area (Å²) >= 11 is 6.39. The number of hydrogen-bond acceptors (Lipinski definition) is 3. The zero-order valence-corrected chi connectivity index (χ0v) is 11.9. The van der Waals surface area contributed by atoms with Crippen LogP contribution >= 0.6 is 11.6 Å². The van der Waals surface area contributed by atoms with Crippen molar-refractivity contribution in [1.82, 2.24) is 5.32 Å². The molecule has 1 N–H and O–H groups in total. The monoisotopic (exact) mass is 269 g/mol. The molecule has 100 valence electrons. The Hall–Kier alpha value is -0.930. The highest BCUT2D eigenvalue weighted by molar-refractivity contribution is 6.31. The smallest absolute Gasteiger partial charge is 0.167 e. The molecule has 4 heteroatoms. The van der Waals surface area contributed by atoms with Gasteiger partial charge in [0.2, 0.25) is 0 Å². The second-order valence-corrected chi connectivity index (χ2v) is 5.16. The summed E-state index contributed by atoms with van der Waals surface area (Å²) in [6.07, 6.45) is 2.20. The van der Waals surface area contributed by atoms with Crippen LogP contribution in [-0.4, -0.2) is 20.3 Å². The molecule has 18 heavy (non-hydrogen) atoms. The molecule has 1 heterocycles. The number of ether oxygens (including phenoxy) is 2. The van der Waals surface area contributed by atoms with Gasteiger partial charge in [-0.25, -0.2) is 0 Å². The van der Waals surface area contributed by atoms with Gasteiger partial charge in [-0.05, 0) is 45.4 Å². The molecule has 0 aliphatic carbocycles. The maximum Gasteiger partial charge on any atom is 0.167 e. The molecule has 1 aromatic carbocycles. The Bertz CT molecular complexity index is 428. The average molecular weight is 270 g/mol. The molecule has 1 aromatic rings. The molecule has 1 unspecified atom stereocenters. The van der Waals surface area contributed by atoms with Crippen molar-refractivity contribution in [3.05, 3.63) is 22.7 Å². The van der Waals surface area contributed by atoms with E-state index in [4.69, 9.17) is 21.1 Å². The van der Waals surface area contributed by atoms with Crippen molar-refractivity contribution in [2.24, 2.45) is 0 Å². The molecule has 0 saturated carbocycles. The van der Waals surface area contributed by atoms with Crippen molar-refractivity contribution >= 4 is 11.6 Å². The molecule has 1 aliphatic heterocycles. The van der Waals surface area contributed by atoms with Crippen molar-refractivity contribution in [1.29, 1.82) is 0 Å². The van der Waals surface area contributed by atoms with E-state index in [1.807, 2.05) is 19.1 Å². The van der Waals surface area contributed by atoms with Crippen LogP contribution in [0.25, 0.3) is 0 Å². The molecule has 1 fully saturated rings. The molecule has 0 bridgehead atoms. The van der Waals surface area contributed by atoms with Crippen LogP contribution in [0.15, 0.2) is 12.1 Å². The maximum absolute atomic E-state index is 6.39. The van der Waals surface area contributed by atoms with E-state index in [9.17, 15) is 0 Å². The number of benzene rings is 1. The number of methoxy groups -OCH3 is 1. The average Bonchev–Trinajstić information content (AvgIpc) is 2.77. The van der Waals surface area contributed by atoms with Gasteiger partial charge in [0, 0.05) is 16.1 Å². The zero-order valence-electron chi connectivity index (χ0n) is 11.2. The Balaban J connectivity index is 2.55. The molecule has 2 rings (SSSR count). The summed E-state index contributed by atoms with van der Waals surface area (Å²) in [4.78, 5) is 0. The van der Waals surface area contributed by atoms with Crippen molar-refractivity contribution in [3.63, 3.8) is 0 Å². The lowest BCUT2D eigenvalue weighted by Gasteiger charge is -2.29. The van der Waals surface area contributed by atoms with Crippen LogP contribution in [0.5, 0.6) is 11.5 Å². The van der Waals surface area contributed by atoms with Gasteiger partial charge < -0.3 is 14.8 Å². The fraction of sp³-hybridized carbons (Fsp3) is 0.571. The van der Waals surface area contributed by atoms with E-state index in [0.29, 0.717) is 6.61 Å². The SMILES string of the molecule is CCOc1c(OC)ccc(Cl)c1C1(C)CCCN1. The van der Waals surface area contributed by atoms with Crippen molar-refractivity contribution in [3.8, 4) is 11.5 Å². The number of rotatable bonds is 4. The third-order valence-electron chi connectivity index (χ3n) is 3.50. The van der Waals surface area contributed by atoms with E-state index < -0.39 is 0 Å². The van der Waals surface area contributed by atoms with Gasteiger partial charge in [0.15, 0.2) is 11.5 Å². The van der Waals surface area contributed by atoms with Crippen LogP contribution in [0, 0.1) is 0 Å². The standard InChI is InChI=1S/C14H20ClNO2/c1-4-18-13-11(17-3)7-6-10(15)12(13)14(2)8-5-9-16-14/h6-7,16H,4-5,8-9H2,1-3H3. The first-order chi connectivity index (χ1) is 8.62. The Labute approximate surface area is 113 Å². The minimum Gasteiger partial charge on any atom is -0.493 e. The first-order valence-corrected chi connectivity index (χ1v) is 6.75. The number of nitrogens with one attached hydrogen (secondary N) is 1. The van der Waals surface area contributed by atoms with Gasteiger partial charge in [-0.15, -0.1) is 0 Å². The van der Waals surface area contributed by atoms with Crippen LogP contribution < -0.4 is 14.8 Å². The number of hydrogen-bond donors (Lipinski definition) is 1. The predicted octanol–water partition coefficient (Wildman–Crippen LogP) is 3.35. The molecule has 0 spiro atoms. The van der Waals surface area contributed by atoms with Gasteiger partial charge in [-0.1, -0.05) is 11.6 Å². The maximum atomic E-state index is 6.39. The highest BCUT2D eigenvalue weighted by Gasteiger charge is 2.36. The summed E-state index contributed by atoms with van der Waals surface area (Å²) in [7, 11) is 1.65. The van der Waals surface area contributed by atoms with E-state index in [2.05, 4.69) is 12.2 Å². The van der Waals surface area contributed by atoms with Crippen LogP contribution in [-0.2, 0) is 5.54 Å². The van der Waals surface area contributed by atoms with Gasteiger partial charge in [0.25, 0.3) is 0 Å². The van der Waals surface area contributed by atoms with Crippen molar-refractivity contribution in [2.45, 2.75) is 32.2 Å². The fourth-order valence-corrected chi connectivity index (χ4v) is 2.97. The molecule has 3 nitrogen and oxygen atoms in total. The summed E-state index contributed by atoms with van der Waals surface area (Å²) in [5, 5.41) is 4.25. The third kappa shape index (κ3) is 2.29. The van der Waals surface area contributed by atoms with Crippen LogP contribution in [0.3, 0.4) is 0 Å². The number of halogens is 1. The van der Waals surface area contributed by atoms with E-state index in [0.717, 1.165) is 41.5 Å². The Morgan fingerprint density at radius 1 is 1.44 bits per heavy atom. The van der Waals surface area contributed by atoms with Crippen molar-refractivity contribution in [2.75, 3.05) is 20.3 Å². The van der Waals surface area contributed by atoms with Gasteiger partial charge in [-0.3, -0.25) is 0 Å². The minimum atomic E-state index is -0.129. The van der Waals surface area contributed by atoms with Crippen molar-refractivity contribution < 1.29 is 9.47 Å². The van der Waals surface area contributed by atoms with E-state index in [1.165, 1.54) is 0 Å². The molecular weight excluding hydrogens is 250 g/mol. The first kappa shape index (κ1) is 13.5. The van der Waals surface area contributed by atoms with Gasteiger partial charge in [0.1, 0.15) is 0 Å². The highest BCUT2D eigenvalue weighted by Crippen LogP contribution is 2.45. The molecule has 0 aromatic heterocycles. The Kier molecular flexibility index (Phi) is 4.03. The second-order valence-electron chi connectivity index (χ2n) is 4.75. The lowest BCUT2D eigenvalue weighted by Crippen LogP contribution is -2.34. The third-order valence-corrected chi connectivity index (χ3v) is 3.81. The topological polar surface area (TPSA) is 30.5 Å². The molecular formula is C14H20ClNO2. The summed E-state index contributed by atoms with van der Waals surface area (Å²) in [6, 6.07) is 3.73. The van der Waals surface area contributed by atoms with Gasteiger partial charge >= 0.3 is 0 Å². The summed E-state index contributed by atoms with van der Waals surface area (Å²) in [5.74, 6) is 1.51. The highest BCUT2D eigenvalue weighted by atomic mass is 35.5. The van der Waals surface area contributed by atoms with E-state index >= 15 is 0 Å². The van der Waals surface area contributed by atoms with Crippen LogP contribution in [0.4, 0.5) is 0 Å². The van der Waals surface area contributed by atoms with Crippen LogP contribution in [0.1, 0.15) is 32.3 Å². The molecule has 1 aliphatic rings. The zero-order chi connectivity index (χ0) is 13.2. The first-order valence-electron chi connectivity index (χ1n) is 6.37. The normalized spacial score (nSPS) is 23.1. The van der Waals surface area contributed by atoms with E-state index in [-0.39, 0.29) is 5.54 Å². The minimum absolute atomic E-state index is 0.129. The Morgan fingerprint density at radius 3 is 2.78 bits per heavy atom. The fourth-order valence-electron chi connectivity index (χ4n) is 2.61. The molecule has 0 radical (unpaired) electrons. The lowest BCUT2D eigenvalue weighted by molar-refractivity contribution is 0.295. The van der Waals surface area contributed by atoms with Crippen LogP contribution in [0.2, 0.25) is 5.02 Å². The molecule has 1 atom stereocenters. The summed E-state index contributed by atoms with van der Waals surface area (Å²) in [5.41, 5.74) is 0.888. The Morgan fingerprint density at radius 2 is 2.22 bits per heavy atom. The summed E-state index contributed by atoms with van der Waals surface area (Å²) in [6.45, 7) is 5.74. The predicted molar refractivity (Wildman–Crippen MR) is 73.8 cm³/mol. The molecule has 1 saturated heterocycles. The largest absolute Gasteiger partial charge is 0.493 e.